The van der Waals surface area contributed by atoms with Gasteiger partial charge in [0.25, 0.3) is 0 Å². The molecule has 0 spiro atoms. The summed E-state index contributed by atoms with van der Waals surface area (Å²) < 4.78 is 15.8. The van der Waals surface area contributed by atoms with Gasteiger partial charge < -0.3 is 19.3 Å². The molecule has 1 N–H and O–H groups in total. The quantitative estimate of drug-likeness (QED) is 0.760. The van der Waals surface area contributed by atoms with Crippen molar-refractivity contribution in [2.24, 2.45) is 11.8 Å². The molecular weight excluding hydrogens is 264 g/mol. The van der Waals surface area contributed by atoms with Crippen molar-refractivity contribution in [2.75, 3.05) is 6.61 Å². The Kier molecular flexibility index (Phi) is 6.01. The predicted octanol–water partition coefficient (Wildman–Crippen LogP) is 1.03. The molecule has 20 heavy (non-hydrogen) atoms. The minimum absolute atomic E-state index is 0.291. The summed E-state index contributed by atoms with van der Waals surface area (Å²) in [6.07, 6.45) is 0.512. The van der Waals surface area contributed by atoms with Gasteiger partial charge in [0, 0.05) is 0 Å². The van der Waals surface area contributed by atoms with Crippen LogP contribution in [0.1, 0.15) is 27.7 Å². The van der Waals surface area contributed by atoms with Crippen molar-refractivity contribution < 1.29 is 28.9 Å². The van der Waals surface area contributed by atoms with Crippen molar-refractivity contribution in [3.05, 3.63) is 12.3 Å². The molecule has 1 rings (SSSR count). The molecule has 0 amide bonds. The van der Waals surface area contributed by atoms with E-state index in [-0.39, 0.29) is 18.4 Å². The van der Waals surface area contributed by atoms with E-state index in [2.05, 4.69) is 0 Å². The number of carbonyl (C=O) groups excluding carboxylic acids is 2. The fraction of sp³-hybridized carbons (Fsp3) is 0.714. The molecule has 0 aromatic heterocycles. The zero-order chi connectivity index (χ0) is 15.3. The summed E-state index contributed by atoms with van der Waals surface area (Å²) in [5.41, 5.74) is 0. The van der Waals surface area contributed by atoms with E-state index in [9.17, 15) is 14.7 Å². The van der Waals surface area contributed by atoms with Gasteiger partial charge in [-0.25, -0.2) is 0 Å². The van der Waals surface area contributed by atoms with Gasteiger partial charge in [-0.05, 0) is 6.08 Å². The van der Waals surface area contributed by atoms with Crippen LogP contribution in [0.4, 0.5) is 0 Å². The molecule has 0 unspecified atom stereocenters. The lowest BCUT2D eigenvalue weighted by Gasteiger charge is -2.33. The van der Waals surface area contributed by atoms with E-state index in [1.807, 2.05) is 0 Å². The Morgan fingerprint density at radius 2 is 1.70 bits per heavy atom. The lowest BCUT2D eigenvalue weighted by Crippen LogP contribution is -2.48. The van der Waals surface area contributed by atoms with Gasteiger partial charge in [-0.1, -0.05) is 27.7 Å². The number of aliphatic hydroxyl groups is 1. The highest BCUT2D eigenvalue weighted by molar-refractivity contribution is 5.73. The number of aliphatic hydroxyl groups excluding tert-OH is 1. The number of carbonyl (C=O) groups is 2. The molecule has 0 saturated carbocycles. The van der Waals surface area contributed by atoms with Crippen molar-refractivity contribution in [2.45, 2.75) is 46.0 Å². The minimum Gasteiger partial charge on any atom is -0.492 e. The van der Waals surface area contributed by atoms with Crippen LogP contribution < -0.4 is 0 Å². The molecule has 0 bridgehead atoms. The summed E-state index contributed by atoms with van der Waals surface area (Å²) >= 11 is 0. The first kappa shape index (κ1) is 16.5. The minimum atomic E-state index is -0.845. The number of hydrogen-bond acceptors (Lipinski definition) is 6. The Labute approximate surface area is 118 Å². The summed E-state index contributed by atoms with van der Waals surface area (Å²) in [6, 6.07) is 0. The molecule has 6 heteroatoms. The van der Waals surface area contributed by atoms with Crippen LogP contribution in [-0.2, 0) is 23.8 Å². The van der Waals surface area contributed by atoms with Gasteiger partial charge in [0.15, 0.2) is 18.3 Å². The first-order valence-electron chi connectivity index (χ1n) is 6.70. The van der Waals surface area contributed by atoms with E-state index < -0.39 is 30.3 Å². The molecule has 3 atom stereocenters. The predicted molar refractivity (Wildman–Crippen MR) is 70.5 cm³/mol. The van der Waals surface area contributed by atoms with Gasteiger partial charge in [0.1, 0.15) is 0 Å². The molecule has 0 aromatic carbocycles. The molecule has 1 aliphatic heterocycles. The van der Waals surface area contributed by atoms with Crippen LogP contribution >= 0.6 is 0 Å². The largest absolute Gasteiger partial charge is 0.492 e. The SMILES string of the molecule is CC(C)C(=O)O[C@@H]1[C@H](OC(=O)C(C)C)C=CO[C@@H]1CO. The Morgan fingerprint density at radius 1 is 1.15 bits per heavy atom. The molecule has 6 nitrogen and oxygen atoms in total. The van der Waals surface area contributed by atoms with Crippen LogP contribution in [-0.4, -0.2) is 42.0 Å². The third-order valence-electron chi connectivity index (χ3n) is 2.84. The van der Waals surface area contributed by atoms with E-state index in [0.29, 0.717) is 0 Å². The van der Waals surface area contributed by atoms with E-state index in [0.717, 1.165) is 0 Å². The van der Waals surface area contributed by atoms with Crippen molar-refractivity contribution in [3.8, 4) is 0 Å². The molecule has 0 saturated heterocycles. The van der Waals surface area contributed by atoms with Gasteiger partial charge in [0.2, 0.25) is 0 Å². The Morgan fingerprint density at radius 3 is 2.20 bits per heavy atom. The highest BCUT2D eigenvalue weighted by Gasteiger charge is 2.38. The summed E-state index contributed by atoms with van der Waals surface area (Å²) in [4.78, 5) is 23.4. The van der Waals surface area contributed by atoms with Gasteiger partial charge in [-0.3, -0.25) is 9.59 Å². The van der Waals surface area contributed by atoms with E-state index >= 15 is 0 Å². The average molecular weight is 286 g/mol. The van der Waals surface area contributed by atoms with E-state index in [1.54, 1.807) is 27.7 Å². The second-order valence-electron chi connectivity index (χ2n) is 5.30. The van der Waals surface area contributed by atoms with Crippen LogP contribution in [0, 0.1) is 11.8 Å². The van der Waals surface area contributed by atoms with Crippen LogP contribution in [0.5, 0.6) is 0 Å². The van der Waals surface area contributed by atoms with Gasteiger partial charge >= 0.3 is 11.9 Å². The standard InChI is InChI=1S/C14H22O6/c1-8(2)13(16)19-10-5-6-18-11(7-15)12(10)20-14(17)9(3)4/h5-6,8-12,15H,7H2,1-4H3/t10-,11-,12-/m1/s1. The highest BCUT2D eigenvalue weighted by Crippen LogP contribution is 2.21. The summed E-state index contributed by atoms with van der Waals surface area (Å²) in [6.45, 7) is 6.49. The molecule has 1 heterocycles. The van der Waals surface area contributed by atoms with Crippen LogP contribution in [0.3, 0.4) is 0 Å². The maximum atomic E-state index is 11.7. The summed E-state index contributed by atoms with van der Waals surface area (Å²) in [5.74, 6) is -1.44. The molecular formula is C14H22O6. The topological polar surface area (TPSA) is 82.1 Å². The van der Waals surface area contributed by atoms with Crippen molar-refractivity contribution in [1.82, 2.24) is 0 Å². The third kappa shape index (κ3) is 4.23. The zero-order valence-corrected chi connectivity index (χ0v) is 12.2. The normalized spacial score (nSPS) is 25.4. The smallest absolute Gasteiger partial charge is 0.309 e. The second kappa shape index (κ2) is 7.28. The summed E-state index contributed by atoms with van der Waals surface area (Å²) in [7, 11) is 0. The maximum Gasteiger partial charge on any atom is 0.309 e. The number of esters is 2. The Bertz CT molecular complexity index is 374. The monoisotopic (exact) mass is 286 g/mol. The first-order valence-corrected chi connectivity index (χ1v) is 6.70. The lowest BCUT2D eigenvalue weighted by molar-refractivity contribution is -0.182. The second-order valence-corrected chi connectivity index (χ2v) is 5.30. The zero-order valence-electron chi connectivity index (χ0n) is 12.2. The fourth-order valence-electron chi connectivity index (χ4n) is 1.56. The lowest BCUT2D eigenvalue weighted by atomic mass is 10.1. The Hall–Kier alpha value is -1.56. The van der Waals surface area contributed by atoms with Gasteiger partial charge in [-0.2, -0.15) is 0 Å². The van der Waals surface area contributed by atoms with Crippen LogP contribution in [0.25, 0.3) is 0 Å². The molecule has 0 aliphatic carbocycles. The highest BCUT2D eigenvalue weighted by atomic mass is 16.6. The van der Waals surface area contributed by atoms with E-state index in [1.165, 1.54) is 12.3 Å². The molecule has 0 fully saturated rings. The number of hydrogen-bond donors (Lipinski definition) is 1. The number of ether oxygens (including phenoxy) is 3. The summed E-state index contributed by atoms with van der Waals surface area (Å²) in [5, 5.41) is 9.28. The van der Waals surface area contributed by atoms with Crippen molar-refractivity contribution >= 4 is 11.9 Å². The average Bonchev–Trinajstić information content (AvgIpc) is 2.39. The van der Waals surface area contributed by atoms with Crippen LogP contribution in [0.15, 0.2) is 12.3 Å². The molecule has 1 aliphatic rings. The molecule has 0 aromatic rings. The molecule has 0 radical (unpaired) electrons. The van der Waals surface area contributed by atoms with Crippen molar-refractivity contribution in [1.29, 1.82) is 0 Å². The first-order chi connectivity index (χ1) is 9.36. The van der Waals surface area contributed by atoms with Gasteiger partial charge in [-0.15, -0.1) is 0 Å². The number of rotatable bonds is 5. The maximum absolute atomic E-state index is 11.7. The van der Waals surface area contributed by atoms with Gasteiger partial charge in [0.05, 0.1) is 24.7 Å². The van der Waals surface area contributed by atoms with Crippen LogP contribution in [0.2, 0.25) is 0 Å². The van der Waals surface area contributed by atoms with Crippen molar-refractivity contribution in [3.63, 3.8) is 0 Å². The van der Waals surface area contributed by atoms with E-state index in [4.69, 9.17) is 14.2 Å². The Balaban J connectivity index is 2.82. The third-order valence-corrected chi connectivity index (χ3v) is 2.84. The molecule has 114 valence electrons. The fourth-order valence-corrected chi connectivity index (χ4v) is 1.56.